The van der Waals surface area contributed by atoms with Gasteiger partial charge in [-0.1, -0.05) is 0 Å². The van der Waals surface area contributed by atoms with E-state index in [-0.39, 0.29) is 29.5 Å². The Bertz CT molecular complexity index is 619. The van der Waals surface area contributed by atoms with Gasteiger partial charge < -0.3 is 9.64 Å². The van der Waals surface area contributed by atoms with E-state index in [9.17, 15) is 17.6 Å². The number of ether oxygens (including phenoxy) is 1. The van der Waals surface area contributed by atoms with Crippen molar-refractivity contribution in [1.82, 2.24) is 9.62 Å². The Morgan fingerprint density at radius 1 is 1.36 bits per heavy atom. The second kappa shape index (κ2) is 8.21. The van der Waals surface area contributed by atoms with Crippen molar-refractivity contribution in [3.05, 3.63) is 29.6 Å². The first-order valence-electron chi connectivity index (χ1n) is 6.78. The van der Waals surface area contributed by atoms with Crippen LogP contribution in [0, 0.1) is 12.7 Å². The molecule has 0 spiro atoms. The van der Waals surface area contributed by atoms with Crippen LogP contribution in [0.3, 0.4) is 0 Å². The number of hydrogen-bond acceptors (Lipinski definition) is 4. The molecular weight excluding hydrogens is 311 g/mol. The summed E-state index contributed by atoms with van der Waals surface area (Å²) < 4.78 is 44.7. The molecule has 1 aromatic carbocycles. The minimum absolute atomic E-state index is 0.00216. The number of rotatable bonds is 8. The van der Waals surface area contributed by atoms with Gasteiger partial charge in [0, 0.05) is 33.7 Å². The number of benzene rings is 1. The van der Waals surface area contributed by atoms with Crippen molar-refractivity contribution >= 4 is 15.9 Å². The average Bonchev–Trinajstić information content (AvgIpc) is 2.45. The third kappa shape index (κ3) is 5.36. The average molecular weight is 332 g/mol. The Morgan fingerprint density at radius 3 is 2.59 bits per heavy atom. The summed E-state index contributed by atoms with van der Waals surface area (Å²) in [6.45, 7) is 3.98. The first-order valence-corrected chi connectivity index (χ1v) is 8.26. The highest BCUT2D eigenvalue weighted by atomic mass is 32.2. The second-order valence-electron chi connectivity index (χ2n) is 4.81. The molecule has 0 aliphatic rings. The Labute approximate surface area is 130 Å². The van der Waals surface area contributed by atoms with Crippen molar-refractivity contribution in [2.75, 3.05) is 33.4 Å². The molecule has 0 aromatic heterocycles. The van der Waals surface area contributed by atoms with Crippen LogP contribution in [-0.2, 0) is 19.6 Å². The molecule has 1 rings (SSSR count). The van der Waals surface area contributed by atoms with E-state index in [0.29, 0.717) is 13.2 Å². The highest BCUT2D eigenvalue weighted by Gasteiger charge is 2.16. The normalized spacial score (nSPS) is 11.5. The largest absolute Gasteiger partial charge is 0.383 e. The Balaban J connectivity index is 2.65. The van der Waals surface area contributed by atoms with E-state index in [2.05, 4.69) is 4.72 Å². The third-order valence-corrected chi connectivity index (χ3v) is 4.58. The second-order valence-corrected chi connectivity index (χ2v) is 6.57. The van der Waals surface area contributed by atoms with Gasteiger partial charge in [-0.05, 0) is 30.7 Å². The van der Waals surface area contributed by atoms with Gasteiger partial charge in [0.1, 0.15) is 5.82 Å². The van der Waals surface area contributed by atoms with Crippen molar-refractivity contribution in [1.29, 1.82) is 0 Å². The van der Waals surface area contributed by atoms with Gasteiger partial charge in [0.2, 0.25) is 15.9 Å². The summed E-state index contributed by atoms with van der Waals surface area (Å²) >= 11 is 0. The summed E-state index contributed by atoms with van der Waals surface area (Å²) in [6.07, 6.45) is 0. The van der Waals surface area contributed by atoms with Crippen LogP contribution in [0.2, 0.25) is 0 Å². The zero-order valence-corrected chi connectivity index (χ0v) is 13.7. The smallest absolute Gasteiger partial charge is 0.240 e. The molecule has 124 valence electrons. The topological polar surface area (TPSA) is 75.7 Å². The van der Waals surface area contributed by atoms with Gasteiger partial charge in [0.25, 0.3) is 0 Å². The number of nitrogens with zero attached hydrogens (tertiary/aromatic N) is 1. The lowest BCUT2D eigenvalue weighted by Gasteiger charge is -2.20. The van der Waals surface area contributed by atoms with Crippen molar-refractivity contribution in [3.8, 4) is 0 Å². The Morgan fingerprint density at radius 2 is 2.05 bits per heavy atom. The maximum Gasteiger partial charge on any atom is 0.240 e. The number of aryl methyl sites for hydroxylation is 1. The van der Waals surface area contributed by atoms with Crippen molar-refractivity contribution in [2.45, 2.75) is 18.7 Å². The van der Waals surface area contributed by atoms with Crippen LogP contribution in [0.4, 0.5) is 4.39 Å². The van der Waals surface area contributed by atoms with E-state index in [1.165, 1.54) is 38.0 Å². The molecule has 0 radical (unpaired) electrons. The van der Waals surface area contributed by atoms with Crippen LogP contribution in [0.15, 0.2) is 23.1 Å². The van der Waals surface area contributed by atoms with Gasteiger partial charge in [-0.25, -0.2) is 17.5 Å². The van der Waals surface area contributed by atoms with Gasteiger partial charge in [0.15, 0.2) is 0 Å². The minimum atomic E-state index is -3.73. The van der Waals surface area contributed by atoms with Crippen molar-refractivity contribution in [3.63, 3.8) is 0 Å². The predicted molar refractivity (Wildman–Crippen MR) is 80.5 cm³/mol. The fourth-order valence-corrected chi connectivity index (χ4v) is 2.92. The number of methoxy groups -OCH3 is 1. The molecule has 0 atom stereocenters. The highest BCUT2D eigenvalue weighted by Crippen LogP contribution is 2.13. The maximum atomic E-state index is 13.2. The number of sulfonamides is 1. The molecule has 0 heterocycles. The van der Waals surface area contributed by atoms with E-state index < -0.39 is 15.8 Å². The number of hydrogen-bond donors (Lipinski definition) is 1. The van der Waals surface area contributed by atoms with Crippen molar-refractivity contribution in [2.24, 2.45) is 0 Å². The Hall–Kier alpha value is -1.51. The summed E-state index contributed by atoms with van der Waals surface area (Å²) in [5, 5.41) is 0. The van der Waals surface area contributed by atoms with E-state index in [1.807, 2.05) is 0 Å². The minimum Gasteiger partial charge on any atom is -0.383 e. The number of carbonyl (C=O) groups is 1. The quantitative estimate of drug-likeness (QED) is 0.768. The van der Waals surface area contributed by atoms with Crippen LogP contribution in [0.5, 0.6) is 0 Å². The van der Waals surface area contributed by atoms with E-state index in [0.717, 1.165) is 6.07 Å². The number of halogens is 1. The fourth-order valence-electron chi connectivity index (χ4n) is 1.81. The third-order valence-electron chi connectivity index (χ3n) is 3.12. The summed E-state index contributed by atoms with van der Waals surface area (Å²) in [4.78, 5) is 12.9. The molecule has 6 nitrogen and oxygen atoms in total. The SMILES string of the molecule is COCCN(CCNS(=O)(=O)c1ccc(F)c(C)c1)C(C)=O. The number of carbonyl (C=O) groups excluding carboxylic acids is 1. The van der Waals surface area contributed by atoms with Crippen molar-refractivity contribution < 1.29 is 22.3 Å². The van der Waals surface area contributed by atoms with Gasteiger partial charge in [-0.15, -0.1) is 0 Å². The van der Waals surface area contributed by atoms with E-state index in [4.69, 9.17) is 4.74 Å². The number of amides is 1. The van der Waals surface area contributed by atoms with Gasteiger partial charge in [-0.3, -0.25) is 4.79 Å². The standard InChI is InChI=1S/C14H21FN2O4S/c1-11-10-13(4-5-14(11)15)22(19,20)16-6-7-17(12(2)18)8-9-21-3/h4-5,10,16H,6-9H2,1-3H3. The molecule has 0 aliphatic heterocycles. The molecular formula is C14H21FN2O4S. The molecule has 0 aliphatic carbocycles. The summed E-state index contributed by atoms with van der Waals surface area (Å²) in [7, 11) is -2.20. The molecule has 1 N–H and O–H groups in total. The van der Waals surface area contributed by atoms with Crippen LogP contribution in [0.25, 0.3) is 0 Å². The first kappa shape index (κ1) is 18.5. The van der Waals surface area contributed by atoms with Crippen LogP contribution >= 0.6 is 0 Å². The molecule has 0 bridgehead atoms. The van der Waals surface area contributed by atoms with Gasteiger partial charge in [0.05, 0.1) is 11.5 Å². The summed E-state index contributed by atoms with van der Waals surface area (Å²) in [5.41, 5.74) is 0.258. The fraction of sp³-hybridized carbons (Fsp3) is 0.500. The summed E-state index contributed by atoms with van der Waals surface area (Å²) in [5.74, 6) is -0.616. The maximum absolute atomic E-state index is 13.2. The number of nitrogens with one attached hydrogen (secondary N) is 1. The molecule has 0 fully saturated rings. The molecule has 1 aromatic rings. The van der Waals surface area contributed by atoms with Crippen LogP contribution in [-0.4, -0.2) is 52.6 Å². The molecule has 22 heavy (non-hydrogen) atoms. The Kier molecular flexibility index (Phi) is 6.92. The molecule has 0 saturated heterocycles. The lowest BCUT2D eigenvalue weighted by Crippen LogP contribution is -2.39. The molecule has 0 unspecified atom stereocenters. The van der Waals surface area contributed by atoms with E-state index in [1.54, 1.807) is 0 Å². The molecule has 0 saturated carbocycles. The van der Waals surface area contributed by atoms with Gasteiger partial charge in [-0.2, -0.15) is 0 Å². The monoisotopic (exact) mass is 332 g/mol. The van der Waals surface area contributed by atoms with Gasteiger partial charge >= 0.3 is 0 Å². The zero-order valence-electron chi connectivity index (χ0n) is 12.9. The summed E-state index contributed by atoms with van der Waals surface area (Å²) in [6, 6.07) is 3.59. The molecule has 8 heteroatoms. The first-order chi connectivity index (χ1) is 10.3. The zero-order chi connectivity index (χ0) is 16.8. The predicted octanol–water partition coefficient (Wildman–Crippen LogP) is 0.907. The highest BCUT2D eigenvalue weighted by molar-refractivity contribution is 7.89. The van der Waals surface area contributed by atoms with Crippen LogP contribution < -0.4 is 4.72 Å². The lowest BCUT2D eigenvalue weighted by molar-refractivity contribution is -0.129. The van der Waals surface area contributed by atoms with Crippen LogP contribution in [0.1, 0.15) is 12.5 Å². The molecule has 1 amide bonds. The van der Waals surface area contributed by atoms with E-state index >= 15 is 0 Å². The lowest BCUT2D eigenvalue weighted by atomic mass is 10.2.